The number of amides is 1. The van der Waals surface area contributed by atoms with Gasteiger partial charge >= 0.3 is 0 Å². The summed E-state index contributed by atoms with van der Waals surface area (Å²) in [7, 11) is -3.70. The number of benzene rings is 1. The number of nitrogens with zero attached hydrogens (tertiary/aromatic N) is 3. The number of aromatic nitrogens is 4. The van der Waals surface area contributed by atoms with E-state index < -0.39 is 27.0 Å². The van der Waals surface area contributed by atoms with E-state index in [1.54, 1.807) is 17.5 Å². The van der Waals surface area contributed by atoms with Crippen molar-refractivity contribution >= 4 is 32.7 Å². The van der Waals surface area contributed by atoms with Crippen molar-refractivity contribution in [2.75, 3.05) is 12.0 Å². The molecule has 1 atom stereocenters. The van der Waals surface area contributed by atoms with Crippen molar-refractivity contribution in [2.45, 2.75) is 39.5 Å². The molecule has 31 heavy (non-hydrogen) atoms. The minimum Gasteiger partial charge on any atom is -0.400 e. The maximum atomic E-state index is 12.5. The third-order valence-corrected chi connectivity index (χ3v) is 5.93. The Balaban J connectivity index is 1.69. The van der Waals surface area contributed by atoms with Crippen LogP contribution in [0, 0.1) is 6.92 Å². The average Bonchev–Trinajstić information content (AvgIpc) is 3.21. The molecule has 10 nitrogen and oxygen atoms in total. The number of sulfonamides is 1. The van der Waals surface area contributed by atoms with Crippen molar-refractivity contribution in [1.29, 1.82) is 0 Å². The smallest absolute Gasteiger partial charge is 0.264 e. The largest absolute Gasteiger partial charge is 0.400 e. The van der Waals surface area contributed by atoms with Crippen LogP contribution in [0.4, 0.5) is 0 Å². The van der Waals surface area contributed by atoms with E-state index in [0.717, 1.165) is 11.9 Å². The molecular weight excluding hydrogens is 442 g/mol. The lowest BCUT2D eigenvalue weighted by molar-refractivity contribution is 0.0981. The summed E-state index contributed by atoms with van der Waals surface area (Å²) in [6, 6.07) is 6.36. The van der Waals surface area contributed by atoms with Crippen LogP contribution >= 0.6 is 0 Å². The second-order valence-electron chi connectivity index (χ2n) is 8.25. The zero-order valence-electron chi connectivity index (χ0n) is 17.9. The van der Waals surface area contributed by atoms with Gasteiger partial charge in [0, 0.05) is 29.2 Å². The molecule has 0 radical (unpaired) electrons. The molecule has 1 unspecified atom stereocenters. The van der Waals surface area contributed by atoms with Crippen LogP contribution in [0.2, 0.25) is 0 Å². The first-order chi connectivity index (χ1) is 14.3. The van der Waals surface area contributed by atoms with Gasteiger partial charge in [0.25, 0.3) is 5.91 Å². The number of nitrogens with one attached hydrogen (secondary N) is 2. The van der Waals surface area contributed by atoms with E-state index in [9.17, 15) is 17.4 Å². The fourth-order valence-electron chi connectivity index (χ4n) is 2.75. The molecule has 0 fully saturated rings. The average molecular weight is 468 g/mol. The van der Waals surface area contributed by atoms with Gasteiger partial charge in [0.2, 0.25) is 21.1 Å². The Bertz CT molecular complexity index is 1250. The lowest BCUT2D eigenvalue weighted by atomic mass is 9.93. The van der Waals surface area contributed by atoms with Gasteiger partial charge in [-0.05, 0) is 24.6 Å². The maximum Gasteiger partial charge on any atom is 0.264 e. The number of aromatic amines is 1. The Kier molecular flexibility index (Phi) is 6.23. The van der Waals surface area contributed by atoms with Crippen molar-refractivity contribution in [3.8, 4) is 5.75 Å². The summed E-state index contributed by atoms with van der Waals surface area (Å²) in [5, 5.41) is 11.5. The Labute approximate surface area is 183 Å². The molecule has 0 aliphatic carbocycles. The third-order valence-electron chi connectivity index (χ3n) is 4.47. The van der Waals surface area contributed by atoms with Gasteiger partial charge in [-0.15, -0.1) is 10.2 Å². The van der Waals surface area contributed by atoms with Crippen molar-refractivity contribution in [1.82, 2.24) is 24.5 Å². The van der Waals surface area contributed by atoms with Crippen LogP contribution in [-0.4, -0.2) is 50.4 Å². The van der Waals surface area contributed by atoms with Gasteiger partial charge < -0.3 is 4.18 Å². The van der Waals surface area contributed by atoms with Gasteiger partial charge in [-0.2, -0.15) is 0 Å². The molecule has 2 aromatic heterocycles. The molecule has 0 bridgehead atoms. The van der Waals surface area contributed by atoms with E-state index in [1.165, 1.54) is 12.1 Å². The Morgan fingerprint density at radius 2 is 1.97 bits per heavy atom. The van der Waals surface area contributed by atoms with Crippen molar-refractivity contribution in [3.63, 3.8) is 0 Å². The van der Waals surface area contributed by atoms with E-state index in [0.29, 0.717) is 23.5 Å². The fraction of sp³-hybridized carbons (Fsp3) is 0.421. The predicted octanol–water partition coefficient (Wildman–Crippen LogP) is 1.64. The van der Waals surface area contributed by atoms with Crippen LogP contribution in [0.15, 0.2) is 24.3 Å². The third kappa shape index (κ3) is 5.70. The SMILES string of the molecule is Cc1ccc(C(=O)NS(C)(=O)=O)cc1OS(=O)CCc1nnc2cc(C(C)(C)C)[nH]n12. The highest BCUT2D eigenvalue weighted by Gasteiger charge is 2.20. The summed E-state index contributed by atoms with van der Waals surface area (Å²) < 4.78 is 44.2. The highest BCUT2D eigenvalue weighted by atomic mass is 32.2. The predicted molar refractivity (Wildman–Crippen MR) is 117 cm³/mol. The van der Waals surface area contributed by atoms with Crippen LogP contribution in [0.25, 0.3) is 5.65 Å². The molecule has 3 rings (SSSR count). The number of carbonyl (C=O) groups excluding carboxylic acids is 1. The summed E-state index contributed by atoms with van der Waals surface area (Å²) in [5.41, 5.74) is 2.37. The molecule has 0 aliphatic heterocycles. The molecule has 12 heteroatoms. The lowest BCUT2D eigenvalue weighted by Gasteiger charge is -2.15. The Morgan fingerprint density at radius 1 is 1.26 bits per heavy atom. The number of aryl methyl sites for hydroxylation is 2. The second-order valence-corrected chi connectivity index (χ2v) is 11.2. The molecule has 1 amide bonds. The maximum absolute atomic E-state index is 12.5. The monoisotopic (exact) mass is 467 g/mol. The quantitative estimate of drug-likeness (QED) is 0.539. The first-order valence-electron chi connectivity index (χ1n) is 9.46. The van der Waals surface area contributed by atoms with E-state index >= 15 is 0 Å². The minimum atomic E-state index is -3.70. The van der Waals surface area contributed by atoms with Gasteiger partial charge in [0.05, 0.1) is 12.0 Å². The van der Waals surface area contributed by atoms with Crippen LogP contribution in [0.5, 0.6) is 5.75 Å². The van der Waals surface area contributed by atoms with Crippen LogP contribution in [0.3, 0.4) is 0 Å². The minimum absolute atomic E-state index is 0.0736. The molecule has 0 spiro atoms. The van der Waals surface area contributed by atoms with E-state index in [4.69, 9.17) is 4.18 Å². The standard InChI is InChI=1S/C19H25N5O5S2/c1-12-6-7-13(18(25)23-31(5,27)28)10-14(12)29-30(26)9-8-16-20-21-17-11-15(19(2,3)4)22-24(16)17/h6-7,10-11,22H,8-9H2,1-5H3,(H,23,25). The molecule has 3 aromatic rings. The first kappa shape index (κ1) is 22.9. The molecule has 0 aliphatic rings. The van der Waals surface area contributed by atoms with Crippen LogP contribution in [-0.2, 0) is 32.9 Å². The van der Waals surface area contributed by atoms with Crippen LogP contribution < -0.4 is 8.91 Å². The van der Waals surface area contributed by atoms with E-state index in [-0.39, 0.29) is 22.5 Å². The van der Waals surface area contributed by atoms with Crippen LogP contribution in [0.1, 0.15) is 48.2 Å². The molecule has 2 N–H and O–H groups in total. The van der Waals surface area contributed by atoms with Gasteiger partial charge in [-0.1, -0.05) is 26.8 Å². The molecule has 2 heterocycles. The molecule has 0 saturated heterocycles. The Morgan fingerprint density at radius 3 is 2.61 bits per heavy atom. The van der Waals surface area contributed by atoms with Gasteiger partial charge in [-0.3, -0.25) is 9.89 Å². The molecule has 168 valence electrons. The zero-order valence-corrected chi connectivity index (χ0v) is 19.6. The summed E-state index contributed by atoms with van der Waals surface area (Å²) in [6.07, 6.45) is 1.24. The van der Waals surface area contributed by atoms with Crippen molar-refractivity contribution in [3.05, 3.63) is 46.9 Å². The van der Waals surface area contributed by atoms with E-state index in [1.807, 2.05) is 10.8 Å². The first-order valence-corrected chi connectivity index (χ1v) is 12.6. The van der Waals surface area contributed by atoms with E-state index in [2.05, 4.69) is 36.1 Å². The van der Waals surface area contributed by atoms with Crippen molar-refractivity contribution in [2.24, 2.45) is 0 Å². The van der Waals surface area contributed by atoms with Gasteiger partial charge in [-0.25, -0.2) is 21.9 Å². The number of H-pyrrole nitrogens is 1. The molecule has 1 aromatic carbocycles. The summed E-state index contributed by atoms with van der Waals surface area (Å²) in [4.78, 5) is 12.0. The second kappa shape index (κ2) is 8.42. The Hall–Kier alpha value is -2.73. The highest BCUT2D eigenvalue weighted by molar-refractivity contribution is 7.89. The normalized spacial score (nSPS) is 13.3. The number of carbonyl (C=O) groups is 1. The lowest BCUT2D eigenvalue weighted by Crippen LogP contribution is -2.29. The summed E-state index contributed by atoms with van der Waals surface area (Å²) in [6.45, 7) is 7.99. The number of hydrogen-bond acceptors (Lipinski definition) is 7. The topological polar surface area (TPSA) is 136 Å². The molecule has 0 saturated carbocycles. The van der Waals surface area contributed by atoms with Gasteiger partial charge in [0.1, 0.15) is 5.75 Å². The van der Waals surface area contributed by atoms with Gasteiger partial charge in [0.15, 0.2) is 11.5 Å². The highest BCUT2D eigenvalue weighted by Crippen LogP contribution is 2.23. The van der Waals surface area contributed by atoms with Crippen molar-refractivity contribution < 1.29 is 21.6 Å². The molecular formula is C19H25N5O5S2. The summed E-state index contributed by atoms with van der Waals surface area (Å²) in [5.74, 6) is 0.232. The number of fused-ring (bicyclic) bond motifs is 1. The fourth-order valence-corrected chi connectivity index (χ4v) is 4.02. The summed E-state index contributed by atoms with van der Waals surface area (Å²) >= 11 is -1.70. The zero-order chi connectivity index (χ0) is 23.0. The number of rotatable bonds is 7. The number of hydrogen-bond donors (Lipinski definition) is 2.